The predicted octanol–water partition coefficient (Wildman–Crippen LogP) is 1.41. The number of ether oxygens (including phenoxy) is 3. The highest BCUT2D eigenvalue weighted by molar-refractivity contribution is 5.77. The van der Waals surface area contributed by atoms with Crippen LogP contribution in [0.15, 0.2) is 12.1 Å². The minimum Gasteiger partial charge on any atom is -0.496 e. The molecule has 0 aliphatic carbocycles. The van der Waals surface area contributed by atoms with Crippen LogP contribution in [0.3, 0.4) is 0 Å². The number of benzene rings is 1. The lowest BCUT2D eigenvalue weighted by molar-refractivity contribution is 0.215. The van der Waals surface area contributed by atoms with Crippen LogP contribution < -0.4 is 19.5 Å². The molecule has 1 atom stereocenters. The van der Waals surface area contributed by atoms with Crippen LogP contribution in [0.4, 0.5) is 4.79 Å². The number of nitrogens with one attached hydrogen (secondary N) is 1. The summed E-state index contributed by atoms with van der Waals surface area (Å²) in [5.74, 6) is 1.94. The van der Waals surface area contributed by atoms with Crippen molar-refractivity contribution in [2.24, 2.45) is 0 Å². The van der Waals surface area contributed by atoms with E-state index in [0.717, 1.165) is 5.56 Å². The normalized spacial score (nSPS) is 18.2. The van der Waals surface area contributed by atoms with Crippen molar-refractivity contribution in [2.45, 2.75) is 6.04 Å². The molecule has 1 aliphatic heterocycles. The number of carbonyl (C=O) groups is 1. The van der Waals surface area contributed by atoms with Gasteiger partial charge in [0.05, 0.1) is 32.9 Å². The predicted molar refractivity (Wildman–Crippen MR) is 70.0 cm³/mol. The zero-order chi connectivity index (χ0) is 14.0. The highest BCUT2D eigenvalue weighted by Crippen LogP contribution is 2.41. The van der Waals surface area contributed by atoms with Crippen molar-refractivity contribution in [3.8, 4) is 17.2 Å². The van der Waals surface area contributed by atoms with Crippen molar-refractivity contribution in [2.75, 3.05) is 34.9 Å². The molecule has 6 nitrogen and oxygen atoms in total. The third-order valence-electron chi connectivity index (χ3n) is 3.32. The Labute approximate surface area is 112 Å². The average molecular weight is 266 g/mol. The van der Waals surface area contributed by atoms with Crippen LogP contribution in [0.5, 0.6) is 17.2 Å². The van der Waals surface area contributed by atoms with Crippen LogP contribution >= 0.6 is 0 Å². The van der Waals surface area contributed by atoms with Crippen LogP contribution in [0.25, 0.3) is 0 Å². The minimum absolute atomic E-state index is 0.107. The Kier molecular flexibility index (Phi) is 3.69. The van der Waals surface area contributed by atoms with Crippen molar-refractivity contribution in [3.63, 3.8) is 0 Å². The van der Waals surface area contributed by atoms with Gasteiger partial charge in [-0.15, -0.1) is 0 Å². The molecule has 6 heteroatoms. The van der Waals surface area contributed by atoms with Gasteiger partial charge in [-0.3, -0.25) is 0 Å². The van der Waals surface area contributed by atoms with E-state index in [9.17, 15) is 4.79 Å². The second-order valence-corrected chi connectivity index (χ2v) is 4.26. The first-order chi connectivity index (χ1) is 9.12. The van der Waals surface area contributed by atoms with E-state index in [4.69, 9.17) is 14.2 Å². The molecular formula is C13H18N2O4. The molecule has 2 rings (SSSR count). The summed E-state index contributed by atoms with van der Waals surface area (Å²) >= 11 is 0. The molecule has 0 aromatic heterocycles. The van der Waals surface area contributed by atoms with E-state index in [1.165, 1.54) is 0 Å². The monoisotopic (exact) mass is 266 g/mol. The molecule has 1 aromatic rings. The number of rotatable bonds is 4. The Morgan fingerprint density at radius 2 is 1.74 bits per heavy atom. The average Bonchev–Trinajstić information content (AvgIpc) is 2.77. The smallest absolute Gasteiger partial charge is 0.317 e. The maximum absolute atomic E-state index is 11.6. The van der Waals surface area contributed by atoms with E-state index in [1.54, 1.807) is 45.4 Å². The van der Waals surface area contributed by atoms with Crippen LogP contribution in [0.2, 0.25) is 0 Å². The third-order valence-corrected chi connectivity index (χ3v) is 3.32. The molecule has 104 valence electrons. The number of methoxy groups -OCH3 is 3. The number of nitrogens with zero attached hydrogens (tertiary/aromatic N) is 1. The number of hydrogen-bond donors (Lipinski definition) is 1. The molecule has 2 amide bonds. The van der Waals surface area contributed by atoms with Crippen molar-refractivity contribution >= 4 is 6.03 Å². The van der Waals surface area contributed by atoms with Gasteiger partial charge in [0, 0.05) is 25.7 Å². The standard InChI is InChI=1S/C13H18N2O4/c1-15-9(7-14-13(15)16)12-10(18-3)5-8(17-2)6-11(12)19-4/h5-6,9H,7H2,1-4H3,(H,14,16). The summed E-state index contributed by atoms with van der Waals surface area (Å²) in [7, 11) is 6.50. The van der Waals surface area contributed by atoms with Gasteiger partial charge in [-0.2, -0.15) is 0 Å². The van der Waals surface area contributed by atoms with E-state index in [0.29, 0.717) is 23.8 Å². The van der Waals surface area contributed by atoms with Crippen LogP contribution in [-0.4, -0.2) is 45.9 Å². The minimum atomic E-state index is -0.122. The molecule has 1 fully saturated rings. The fourth-order valence-corrected chi connectivity index (χ4v) is 2.24. The lowest BCUT2D eigenvalue weighted by Crippen LogP contribution is -2.25. The summed E-state index contributed by atoms with van der Waals surface area (Å²) in [6.45, 7) is 0.522. The summed E-state index contributed by atoms with van der Waals surface area (Å²) in [5.41, 5.74) is 0.839. The number of amides is 2. The van der Waals surface area contributed by atoms with Gasteiger partial charge in [-0.05, 0) is 0 Å². The first-order valence-electron chi connectivity index (χ1n) is 5.93. The maximum Gasteiger partial charge on any atom is 0.317 e. The highest BCUT2D eigenvalue weighted by Gasteiger charge is 2.33. The lowest BCUT2D eigenvalue weighted by Gasteiger charge is -2.23. The van der Waals surface area contributed by atoms with Crippen LogP contribution in [0, 0.1) is 0 Å². The van der Waals surface area contributed by atoms with Crippen LogP contribution in [0.1, 0.15) is 11.6 Å². The van der Waals surface area contributed by atoms with Crippen molar-refractivity contribution < 1.29 is 19.0 Å². The van der Waals surface area contributed by atoms with E-state index < -0.39 is 0 Å². The summed E-state index contributed by atoms with van der Waals surface area (Å²) in [4.78, 5) is 13.2. The fraction of sp³-hybridized carbons (Fsp3) is 0.462. The molecule has 1 aromatic carbocycles. The zero-order valence-corrected chi connectivity index (χ0v) is 11.5. The molecule has 19 heavy (non-hydrogen) atoms. The second kappa shape index (κ2) is 5.26. The summed E-state index contributed by atoms with van der Waals surface area (Å²) in [6, 6.07) is 3.34. The van der Waals surface area contributed by atoms with Gasteiger partial charge in [0.1, 0.15) is 17.2 Å². The largest absolute Gasteiger partial charge is 0.496 e. The van der Waals surface area contributed by atoms with Gasteiger partial charge in [-0.1, -0.05) is 0 Å². The molecule has 0 bridgehead atoms. The molecule has 0 saturated carbocycles. The molecule has 0 radical (unpaired) electrons. The van der Waals surface area contributed by atoms with Gasteiger partial charge in [0.2, 0.25) is 0 Å². The van der Waals surface area contributed by atoms with Crippen LogP contribution in [-0.2, 0) is 0 Å². The summed E-state index contributed by atoms with van der Waals surface area (Å²) in [5, 5.41) is 2.79. The Morgan fingerprint density at radius 1 is 1.16 bits per heavy atom. The van der Waals surface area contributed by atoms with E-state index >= 15 is 0 Å². The molecular weight excluding hydrogens is 248 g/mol. The summed E-state index contributed by atoms with van der Waals surface area (Å²) < 4.78 is 16.0. The van der Waals surface area contributed by atoms with E-state index in [1.807, 2.05) is 0 Å². The second-order valence-electron chi connectivity index (χ2n) is 4.26. The van der Waals surface area contributed by atoms with Gasteiger partial charge in [0.15, 0.2) is 0 Å². The Balaban J connectivity index is 2.51. The Morgan fingerprint density at radius 3 is 2.11 bits per heavy atom. The fourth-order valence-electron chi connectivity index (χ4n) is 2.24. The number of urea groups is 1. The van der Waals surface area contributed by atoms with Crippen molar-refractivity contribution in [1.29, 1.82) is 0 Å². The van der Waals surface area contributed by atoms with E-state index in [-0.39, 0.29) is 12.1 Å². The first-order valence-corrected chi connectivity index (χ1v) is 5.93. The van der Waals surface area contributed by atoms with Gasteiger partial charge in [-0.25, -0.2) is 4.79 Å². The van der Waals surface area contributed by atoms with Crippen molar-refractivity contribution in [3.05, 3.63) is 17.7 Å². The van der Waals surface area contributed by atoms with Crippen molar-refractivity contribution in [1.82, 2.24) is 10.2 Å². The Bertz CT molecular complexity index is 465. The number of hydrogen-bond acceptors (Lipinski definition) is 4. The molecule has 1 heterocycles. The molecule has 1 unspecified atom stereocenters. The molecule has 0 spiro atoms. The Hall–Kier alpha value is -2.11. The van der Waals surface area contributed by atoms with Gasteiger partial charge >= 0.3 is 6.03 Å². The summed E-state index contributed by atoms with van der Waals surface area (Å²) in [6.07, 6.45) is 0. The zero-order valence-electron chi connectivity index (χ0n) is 11.5. The van der Waals surface area contributed by atoms with E-state index in [2.05, 4.69) is 5.32 Å². The quantitative estimate of drug-likeness (QED) is 0.895. The molecule has 1 aliphatic rings. The van der Waals surface area contributed by atoms with Gasteiger partial charge < -0.3 is 24.4 Å². The maximum atomic E-state index is 11.6. The molecule has 1 N–H and O–H groups in total. The third kappa shape index (κ3) is 2.25. The molecule has 1 saturated heterocycles. The SMILES string of the molecule is COc1cc(OC)c(C2CNC(=O)N2C)c(OC)c1. The highest BCUT2D eigenvalue weighted by atomic mass is 16.5. The lowest BCUT2D eigenvalue weighted by atomic mass is 10.0. The number of likely N-dealkylation sites (N-methyl/N-ethyl adjacent to an activating group) is 1. The first kappa shape index (κ1) is 13.3. The topological polar surface area (TPSA) is 60.0 Å². The van der Waals surface area contributed by atoms with Gasteiger partial charge in [0.25, 0.3) is 0 Å². The number of carbonyl (C=O) groups excluding carboxylic acids is 1.